The Morgan fingerprint density at radius 3 is 2.90 bits per heavy atom. The van der Waals surface area contributed by atoms with E-state index < -0.39 is 0 Å². The van der Waals surface area contributed by atoms with Crippen LogP contribution in [0.2, 0.25) is 0 Å². The number of aromatic nitrogens is 1. The van der Waals surface area contributed by atoms with Gasteiger partial charge in [0, 0.05) is 22.0 Å². The van der Waals surface area contributed by atoms with Crippen LogP contribution in [0.5, 0.6) is 5.75 Å². The zero-order valence-corrected chi connectivity index (χ0v) is 13.2. The highest BCUT2D eigenvalue weighted by Gasteiger charge is 2.06. The summed E-state index contributed by atoms with van der Waals surface area (Å²) >= 11 is 3.31. The Balaban J connectivity index is 1.82. The number of ether oxygens (including phenoxy) is 1. The smallest absolute Gasteiger partial charge is 0.227 e. The van der Waals surface area contributed by atoms with Crippen LogP contribution in [0.3, 0.4) is 0 Å². The maximum atomic E-state index is 11.9. The van der Waals surface area contributed by atoms with Gasteiger partial charge in [-0.2, -0.15) is 0 Å². The van der Waals surface area contributed by atoms with Crippen LogP contribution in [0.4, 0.5) is 11.4 Å². The number of carbonyl (C=O) groups is 1. The average Bonchev–Trinajstić information content (AvgIpc) is 2.42. The number of aryl methyl sites for hydroxylation is 1. The third-order valence-electron chi connectivity index (χ3n) is 2.80. The first-order chi connectivity index (χ1) is 10.0. The molecule has 0 aliphatic carbocycles. The van der Waals surface area contributed by atoms with Gasteiger partial charge in [0.25, 0.3) is 0 Å². The lowest BCUT2D eigenvalue weighted by molar-refractivity contribution is -0.116. The SMILES string of the molecule is Cc1cc(N)ccc1NC(=O)CCOc1cncc(Br)c1. The van der Waals surface area contributed by atoms with Crippen LogP contribution in [0.15, 0.2) is 41.1 Å². The van der Waals surface area contributed by atoms with Crippen LogP contribution in [-0.4, -0.2) is 17.5 Å². The number of carbonyl (C=O) groups excluding carboxylic acids is 1. The molecular weight excluding hydrogens is 334 g/mol. The predicted molar refractivity (Wildman–Crippen MR) is 86.3 cm³/mol. The fourth-order valence-corrected chi connectivity index (χ4v) is 2.12. The molecule has 1 aromatic carbocycles. The second-order valence-corrected chi connectivity index (χ2v) is 5.48. The molecule has 3 N–H and O–H groups in total. The highest BCUT2D eigenvalue weighted by atomic mass is 79.9. The lowest BCUT2D eigenvalue weighted by Crippen LogP contribution is -2.16. The molecule has 2 rings (SSSR count). The molecule has 0 unspecified atom stereocenters. The van der Waals surface area contributed by atoms with Crippen molar-refractivity contribution in [3.05, 3.63) is 46.7 Å². The van der Waals surface area contributed by atoms with Crippen LogP contribution in [0, 0.1) is 6.92 Å². The van der Waals surface area contributed by atoms with Crippen molar-refractivity contribution in [2.45, 2.75) is 13.3 Å². The number of anilines is 2. The molecule has 21 heavy (non-hydrogen) atoms. The molecule has 0 saturated carbocycles. The van der Waals surface area contributed by atoms with Gasteiger partial charge in [-0.3, -0.25) is 9.78 Å². The van der Waals surface area contributed by atoms with Crippen molar-refractivity contribution in [3.8, 4) is 5.75 Å². The van der Waals surface area contributed by atoms with E-state index in [1.807, 2.05) is 13.0 Å². The molecule has 5 nitrogen and oxygen atoms in total. The summed E-state index contributed by atoms with van der Waals surface area (Å²) in [6, 6.07) is 7.17. The fourth-order valence-electron chi connectivity index (χ4n) is 1.77. The zero-order chi connectivity index (χ0) is 15.2. The van der Waals surface area contributed by atoms with Crippen molar-refractivity contribution in [1.29, 1.82) is 0 Å². The van der Waals surface area contributed by atoms with E-state index in [4.69, 9.17) is 10.5 Å². The maximum absolute atomic E-state index is 11.9. The summed E-state index contributed by atoms with van der Waals surface area (Å²) in [5.74, 6) is 0.520. The Morgan fingerprint density at radius 2 is 2.19 bits per heavy atom. The summed E-state index contributed by atoms with van der Waals surface area (Å²) in [6.45, 7) is 2.19. The second-order valence-electron chi connectivity index (χ2n) is 4.56. The maximum Gasteiger partial charge on any atom is 0.227 e. The minimum atomic E-state index is -0.106. The van der Waals surface area contributed by atoms with Crippen molar-refractivity contribution in [2.75, 3.05) is 17.7 Å². The first kappa shape index (κ1) is 15.3. The topological polar surface area (TPSA) is 77.2 Å². The number of nitrogen functional groups attached to an aromatic ring is 1. The van der Waals surface area contributed by atoms with Crippen molar-refractivity contribution in [1.82, 2.24) is 4.98 Å². The highest BCUT2D eigenvalue weighted by Crippen LogP contribution is 2.18. The molecule has 0 aliphatic rings. The van der Waals surface area contributed by atoms with Gasteiger partial charge in [0.15, 0.2) is 0 Å². The van der Waals surface area contributed by atoms with Crippen LogP contribution in [0.25, 0.3) is 0 Å². The molecule has 1 amide bonds. The molecule has 6 heteroatoms. The monoisotopic (exact) mass is 349 g/mol. The summed E-state index contributed by atoms with van der Waals surface area (Å²) in [5.41, 5.74) is 8.04. The number of benzene rings is 1. The summed E-state index contributed by atoms with van der Waals surface area (Å²) in [5, 5.41) is 2.84. The van der Waals surface area contributed by atoms with Crippen LogP contribution in [-0.2, 0) is 4.79 Å². The standard InChI is InChI=1S/C15H16BrN3O2/c1-10-6-12(17)2-3-14(10)19-15(20)4-5-21-13-7-11(16)8-18-9-13/h2-3,6-9H,4-5,17H2,1H3,(H,19,20). The third kappa shape index (κ3) is 4.75. The molecule has 0 radical (unpaired) electrons. The van der Waals surface area contributed by atoms with Gasteiger partial charge in [-0.1, -0.05) is 0 Å². The van der Waals surface area contributed by atoms with Gasteiger partial charge in [-0.05, 0) is 52.7 Å². The van der Waals surface area contributed by atoms with E-state index in [9.17, 15) is 4.79 Å². The molecule has 0 atom stereocenters. The molecule has 1 heterocycles. The van der Waals surface area contributed by atoms with Crippen LogP contribution >= 0.6 is 15.9 Å². The number of halogens is 1. The Labute approximate surface area is 131 Å². The number of nitrogens with two attached hydrogens (primary N) is 1. The Hall–Kier alpha value is -2.08. The van der Waals surface area contributed by atoms with E-state index in [-0.39, 0.29) is 18.9 Å². The lowest BCUT2D eigenvalue weighted by Gasteiger charge is -2.10. The first-order valence-electron chi connectivity index (χ1n) is 6.44. The van der Waals surface area contributed by atoms with E-state index in [1.165, 1.54) is 0 Å². The Bertz CT molecular complexity index is 647. The van der Waals surface area contributed by atoms with E-state index in [0.717, 1.165) is 15.7 Å². The van der Waals surface area contributed by atoms with E-state index in [0.29, 0.717) is 11.4 Å². The molecule has 110 valence electrons. The summed E-state index contributed by atoms with van der Waals surface area (Å²) < 4.78 is 6.31. The van der Waals surface area contributed by atoms with Gasteiger partial charge in [-0.15, -0.1) is 0 Å². The number of amides is 1. The number of pyridine rings is 1. The number of rotatable bonds is 5. The Morgan fingerprint density at radius 1 is 1.38 bits per heavy atom. The van der Waals surface area contributed by atoms with Gasteiger partial charge in [-0.25, -0.2) is 0 Å². The normalized spacial score (nSPS) is 10.2. The number of hydrogen-bond acceptors (Lipinski definition) is 4. The van der Waals surface area contributed by atoms with Crippen molar-refractivity contribution >= 4 is 33.2 Å². The Kier molecular flexibility index (Phi) is 5.16. The summed E-state index contributed by atoms with van der Waals surface area (Å²) in [6.07, 6.45) is 3.53. The molecule has 0 spiro atoms. The summed E-state index contributed by atoms with van der Waals surface area (Å²) in [7, 11) is 0. The molecule has 2 aromatic rings. The van der Waals surface area contributed by atoms with Gasteiger partial charge < -0.3 is 15.8 Å². The molecule has 0 saturated heterocycles. The average molecular weight is 350 g/mol. The molecular formula is C15H16BrN3O2. The number of hydrogen-bond donors (Lipinski definition) is 2. The van der Waals surface area contributed by atoms with Crippen molar-refractivity contribution in [3.63, 3.8) is 0 Å². The van der Waals surface area contributed by atoms with Crippen LogP contribution in [0.1, 0.15) is 12.0 Å². The largest absolute Gasteiger partial charge is 0.491 e. The number of nitrogens with one attached hydrogen (secondary N) is 1. The third-order valence-corrected chi connectivity index (χ3v) is 3.24. The van der Waals surface area contributed by atoms with Gasteiger partial charge in [0.05, 0.1) is 19.2 Å². The highest BCUT2D eigenvalue weighted by molar-refractivity contribution is 9.10. The molecule has 0 fully saturated rings. The van der Waals surface area contributed by atoms with Gasteiger partial charge >= 0.3 is 0 Å². The van der Waals surface area contributed by atoms with E-state index in [1.54, 1.807) is 30.6 Å². The fraction of sp³-hybridized carbons (Fsp3) is 0.200. The van der Waals surface area contributed by atoms with Crippen LogP contribution < -0.4 is 15.8 Å². The molecule has 0 aliphatic heterocycles. The molecule has 1 aromatic heterocycles. The number of nitrogens with zero attached hydrogens (tertiary/aromatic N) is 1. The minimum absolute atomic E-state index is 0.106. The van der Waals surface area contributed by atoms with Crippen molar-refractivity contribution in [2.24, 2.45) is 0 Å². The van der Waals surface area contributed by atoms with Gasteiger partial charge in [0.1, 0.15) is 5.75 Å². The predicted octanol–water partition coefficient (Wildman–Crippen LogP) is 3.14. The lowest BCUT2D eigenvalue weighted by atomic mass is 10.2. The van der Waals surface area contributed by atoms with Gasteiger partial charge in [0.2, 0.25) is 5.91 Å². The quantitative estimate of drug-likeness (QED) is 0.813. The second kappa shape index (κ2) is 7.08. The molecule has 0 bridgehead atoms. The van der Waals surface area contributed by atoms with Crippen molar-refractivity contribution < 1.29 is 9.53 Å². The van der Waals surface area contributed by atoms with E-state index >= 15 is 0 Å². The minimum Gasteiger partial charge on any atom is -0.491 e. The first-order valence-corrected chi connectivity index (χ1v) is 7.23. The summed E-state index contributed by atoms with van der Waals surface area (Å²) in [4.78, 5) is 15.8. The van der Waals surface area contributed by atoms with E-state index in [2.05, 4.69) is 26.2 Å². The zero-order valence-electron chi connectivity index (χ0n) is 11.6.